The summed E-state index contributed by atoms with van der Waals surface area (Å²) < 4.78 is 0. The predicted molar refractivity (Wildman–Crippen MR) is 89.0 cm³/mol. The summed E-state index contributed by atoms with van der Waals surface area (Å²) in [7, 11) is 6.18. The second-order valence-electron chi connectivity index (χ2n) is 6.19. The van der Waals surface area contributed by atoms with Gasteiger partial charge in [-0.15, -0.1) is 0 Å². The van der Waals surface area contributed by atoms with E-state index in [1.54, 1.807) is 6.20 Å². The molecule has 1 aliphatic carbocycles. The van der Waals surface area contributed by atoms with Crippen molar-refractivity contribution in [2.45, 2.75) is 44.6 Å². The zero-order chi connectivity index (χ0) is 15.1. The van der Waals surface area contributed by atoms with Gasteiger partial charge >= 0.3 is 0 Å². The summed E-state index contributed by atoms with van der Waals surface area (Å²) in [5, 5.41) is 3.39. The van der Waals surface area contributed by atoms with Gasteiger partial charge < -0.3 is 15.1 Å². The molecule has 0 atom stereocenters. The van der Waals surface area contributed by atoms with Gasteiger partial charge in [-0.1, -0.05) is 19.3 Å². The first-order valence-corrected chi connectivity index (χ1v) is 8.11. The molecule has 1 heterocycles. The Morgan fingerprint density at radius 3 is 2.67 bits per heavy atom. The molecule has 118 valence electrons. The van der Waals surface area contributed by atoms with Crippen molar-refractivity contribution in [1.82, 2.24) is 14.9 Å². The number of hydrogen-bond acceptors (Lipinski definition) is 5. The normalized spacial score (nSPS) is 16.2. The van der Waals surface area contributed by atoms with E-state index in [9.17, 15) is 0 Å². The Labute approximate surface area is 128 Å². The van der Waals surface area contributed by atoms with E-state index in [1.165, 1.54) is 32.1 Å². The van der Waals surface area contributed by atoms with E-state index >= 15 is 0 Å². The summed E-state index contributed by atoms with van der Waals surface area (Å²) in [5.74, 6) is 1.66. The van der Waals surface area contributed by atoms with Crippen LogP contribution in [0.5, 0.6) is 0 Å². The van der Waals surface area contributed by atoms with Gasteiger partial charge in [-0.2, -0.15) is 4.98 Å². The maximum Gasteiger partial charge on any atom is 0.226 e. The van der Waals surface area contributed by atoms with Gasteiger partial charge in [-0.05, 0) is 38.9 Å². The van der Waals surface area contributed by atoms with Gasteiger partial charge in [-0.3, -0.25) is 0 Å². The summed E-state index contributed by atoms with van der Waals surface area (Å²) >= 11 is 0. The summed E-state index contributed by atoms with van der Waals surface area (Å²) in [4.78, 5) is 13.1. The minimum atomic E-state index is 0.749. The maximum absolute atomic E-state index is 4.47. The van der Waals surface area contributed by atoms with Crippen molar-refractivity contribution in [3.63, 3.8) is 0 Å². The summed E-state index contributed by atoms with van der Waals surface area (Å²) in [6.45, 7) is 2.12. The minimum absolute atomic E-state index is 0.749. The van der Waals surface area contributed by atoms with Crippen molar-refractivity contribution in [2.24, 2.45) is 0 Å². The average molecular weight is 291 g/mol. The minimum Gasteiger partial charge on any atom is -0.370 e. The van der Waals surface area contributed by atoms with Crippen molar-refractivity contribution in [3.05, 3.63) is 12.3 Å². The van der Waals surface area contributed by atoms with Crippen molar-refractivity contribution in [3.8, 4) is 0 Å². The third-order valence-corrected chi connectivity index (χ3v) is 4.23. The van der Waals surface area contributed by atoms with Crippen molar-refractivity contribution >= 4 is 11.8 Å². The first kappa shape index (κ1) is 16.0. The molecule has 1 aliphatic rings. The molecule has 0 saturated heterocycles. The Morgan fingerprint density at radius 2 is 1.95 bits per heavy atom. The fourth-order valence-electron chi connectivity index (χ4n) is 2.91. The number of nitrogens with zero attached hydrogens (tertiary/aromatic N) is 4. The lowest BCUT2D eigenvalue weighted by molar-refractivity contribution is 0.191. The average Bonchev–Trinajstić information content (AvgIpc) is 2.52. The van der Waals surface area contributed by atoms with Crippen LogP contribution in [-0.2, 0) is 0 Å². The van der Waals surface area contributed by atoms with E-state index in [0.717, 1.165) is 37.3 Å². The molecule has 1 aromatic heterocycles. The lowest BCUT2D eigenvalue weighted by Gasteiger charge is -2.31. The molecule has 1 N–H and O–H groups in total. The van der Waals surface area contributed by atoms with Crippen LogP contribution in [0.25, 0.3) is 0 Å². The lowest BCUT2D eigenvalue weighted by atomic mass is 9.94. The second kappa shape index (κ2) is 8.17. The van der Waals surface area contributed by atoms with Gasteiger partial charge in [0.15, 0.2) is 0 Å². The van der Waals surface area contributed by atoms with E-state index < -0.39 is 0 Å². The second-order valence-corrected chi connectivity index (χ2v) is 6.19. The van der Waals surface area contributed by atoms with Crippen molar-refractivity contribution in [1.29, 1.82) is 0 Å². The van der Waals surface area contributed by atoms with Gasteiger partial charge in [0.2, 0.25) is 5.95 Å². The molecule has 1 fully saturated rings. The highest BCUT2D eigenvalue weighted by Crippen LogP contribution is 2.21. The maximum atomic E-state index is 4.47. The third-order valence-electron chi connectivity index (χ3n) is 4.23. The van der Waals surface area contributed by atoms with Crippen LogP contribution in [0.2, 0.25) is 0 Å². The molecule has 5 heteroatoms. The first-order chi connectivity index (χ1) is 10.2. The Balaban J connectivity index is 1.68. The predicted octanol–water partition coefficient (Wildman–Crippen LogP) is 2.61. The SMILES string of the molecule is CN(C)c1nccc(NCCCN(C)C2CCCCC2)n1. The van der Waals surface area contributed by atoms with Crippen LogP contribution >= 0.6 is 0 Å². The fraction of sp³-hybridized carbons (Fsp3) is 0.750. The Kier molecular flexibility index (Phi) is 6.23. The van der Waals surface area contributed by atoms with Crippen LogP contribution in [-0.4, -0.2) is 55.1 Å². The molecule has 1 aromatic rings. The summed E-state index contributed by atoms with van der Waals surface area (Å²) in [6, 6.07) is 2.73. The topological polar surface area (TPSA) is 44.3 Å². The monoisotopic (exact) mass is 291 g/mol. The van der Waals surface area contributed by atoms with E-state index in [0.29, 0.717) is 0 Å². The molecule has 2 rings (SSSR count). The van der Waals surface area contributed by atoms with Gasteiger partial charge in [0.25, 0.3) is 0 Å². The first-order valence-electron chi connectivity index (χ1n) is 8.11. The van der Waals surface area contributed by atoms with Crippen LogP contribution in [0.4, 0.5) is 11.8 Å². The Morgan fingerprint density at radius 1 is 1.19 bits per heavy atom. The Hall–Kier alpha value is -1.36. The number of hydrogen-bond donors (Lipinski definition) is 1. The molecule has 0 unspecified atom stereocenters. The molecular formula is C16H29N5. The molecule has 1 saturated carbocycles. The zero-order valence-corrected chi connectivity index (χ0v) is 13.7. The number of nitrogens with one attached hydrogen (secondary N) is 1. The van der Waals surface area contributed by atoms with Crippen LogP contribution in [0.1, 0.15) is 38.5 Å². The molecule has 21 heavy (non-hydrogen) atoms. The van der Waals surface area contributed by atoms with Crippen LogP contribution < -0.4 is 10.2 Å². The third kappa shape index (κ3) is 5.16. The summed E-state index contributed by atoms with van der Waals surface area (Å²) in [5.41, 5.74) is 0. The van der Waals surface area contributed by atoms with Crippen molar-refractivity contribution < 1.29 is 0 Å². The van der Waals surface area contributed by atoms with Gasteiger partial charge in [0.1, 0.15) is 5.82 Å². The molecule has 5 nitrogen and oxygen atoms in total. The number of rotatable bonds is 7. The summed E-state index contributed by atoms with van der Waals surface area (Å²) in [6.07, 6.45) is 9.94. The van der Waals surface area contributed by atoms with Gasteiger partial charge in [0.05, 0.1) is 0 Å². The van der Waals surface area contributed by atoms with E-state index in [1.807, 2.05) is 25.1 Å². The van der Waals surface area contributed by atoms with Gasteiger partial charge in [-0.25, -0.2) is 4.98 Å². The number of anilines is 2. The standard InChI is InChI=1S/C16H29N5/c1-20(2)16-18-12-10-15(19-16)17-11-7-13-21(3)14-8-5-4-6-9-14/h10,12,14H,4-9,11,13H2,1-3H3,(H,17,18,19). The largest absolute Gasteiger partial charge is 0.370 e. The molecule has 0 aromatic carbocycles. The highest BCUT2D eigenvalue weighted by molar-refractivity contribution is 5.40. The zero-order valence-electron chi connectivity index (χ0n) is 13.7. The highest BCUT2D eigenvalue weighted by atomic mass is 15.2. The van der Waals surface area contributed by atoms with E-state index in [-0.39, 0.29) is 0 Å². The Bertz CT molecular complexity index is 415. The van der Waals surface area contributed by atoms with E-state index in [4.69, 9.17) is 0 Å². The fourth-order valence-corrected chi connectivity index (χ4v) is 2.91. The smallest absolute Gasteiger partial charge is 0.226 e. The van der Waals surface area contributed by atoms with Crippen molar-refractivity contribution in [2.75, 3.05) is 44.4 Å². The van der Waals surface area contributed by atoms with Gasteiger partial charge in [0, 0.05) is 32.9 Å². The number of aromatic nitrogens is 2. The molecule has 0 bridgehead atoms. The molecule has 0 spiro atoms. The molecule has 0 aliphatic heterocycles. The quantitative estimate of drug-likeness (QED) is 0.782. The van der Waals surface area contributed by atoms with Crippen LogP contribution in [0.15, 0.2) is 12.3 Å². The highest BCUT2D eigenvalue weighted by Gasteiger charge is 2.17. The van der Waals surface area contributed by atoms with Crippen LogP contribution in [0.3, 0.4) is 0 Å². The van der Waals surface area contributed by atoms with Crippen LogP contribution in [0, 0.1) is 0 Å². The molecule has 0 radical (unpaired) electrons. The lowest BCUT2D eigenvalue weighted by Crippen LogP contribution is -2.34. The molecule has 0 amide bonds. The van der Waals surface area contributed by atoms with E-state index in [2.05, 4.69) is 27.2 Å². The molecular weight excluding hydrogens is 262 g/mol.